The van der Waals surface area contributed by atoms with Gasteiger partial charge in [0.25, 0.3) is 0 Å². The average molecular weight is 315 g/mol. The molecule has 0 amide bonds. The normalized spacial score (nSPS) is 15.3. The molecule has 1 aromatic carbocycles. The van der Waals surface area contributed by atoms with Crippen LogP contribution in [0.4, 0.5) is 0 Å². The molecular formula is C14H22NO5P. The van der Waals surface area contributed by atoms with Crippen LogP contribution in [0.2, 0.25) is 0 Å². The third-order valence-corrected chi connectivity index (χ3v) is 4.87. The van der Waals surface area contributed by atoms with Gasteiger partial charge in [0.15, 0.2) is 0 Å². The van der Waals surface area contributed by atoms with E-state index in [1.807, 2.05) is 30.3 Å². The predicted molar refractivity (Wildman–Crippen MR) is 80.8 cm³/mol. The SMILES string of the molecule is NC(CCOCCP(=O)(O)CCc1ccccc1)C(=O)O. The van der Waals surface area contributed by atoms with Gasteiger partial charge < -0.3 is 20.5 Å². The number of carbonyl (C=O) groups is 1. The number of carboxylic acid groups (broad SMARTS) is 1. The van der Waals surface area contributed by atoms with Crippen LogP contribution in [0.3, 0.4) is 0 Å². The second-order valence-corrected chi connectivity index (χ2v) is 7.46. The number of ether oxygens (including phenoxy) is 1. The van der Waals surface area contributed by atoms with Gasteiger partial charge in [-0.1, -0.05) is 30.3 Å². The first-order chi connectivity index (χ1) is 9.91. The van der Waals surface area contributed by atoms with Crippen molar-refractivity contribution in [2.24, 2.45) is 5.73 Å². The van der Waals surface area contributed by atoms with E-state index in [4.69, 9.17) is 15.6 Å². The number of hydrogen-bond acceptors (Lipinski definition) is 4. The largest absolute Gasteiger partial charge is 0.480 e. The van der Waals surface area contributed by atoms with Crippen LogP contribution in [0.1, 0.15) is 12.0 Å². The lowest BCUT2D eigenvalue weighted by Crippen LogP contribution is -2.31. The molecule has 0 heterocycles. The minimum Gasteiger partial charge on any atom is -0.480 e. The fourth-order valence-corrected chi connectivity index (χ4v) is 2.95. The van der Waals surface area contributed by atoms with Crippen molar-refractivity contribution in [3.63, 3.8) is 0 Å². The Balaban J connectivity index is 2.18. The van der Waals surface area contributed by atoms with E-state index in [9.17, 15) is 14.3 Å². The lowest BCUT2D eigenvalue weighted by molar-refractivity contribution is -0.139. The van der Waals surface area contributed by atoms with Gasteiger partial charge in [-0.2, -0.15) is 0 Å². The maximum Gasteiger partial charge on any atom is 0.320 e. The third-order valence-electron chi connectivity index (χ3n) is 3.07. The Morgan fingerprint density at radius 1 is 1.24 bits per heavy atom. The Kier molecular flexibility index (Phi) is 7.61. The Labute approximate surface area is 124 Å². The molecule has 0 spiro atoms. The lowest BCUT2D eigenvalue weighted by atomic mass is 10.2. The van der Waals surface area contributed by atoms with E-state index in [0.29, 0.717) is 6.42 Å². The summed E-state index contributed by atoms with van der Waals surface area (Å²) in [6, 6.07) is 8.58. The Bertz CT molecular complexity index is 480. The van der Waals surface area contributed by atoms with E-state index in [2.05, 4.69) is 0 Å². The molecule has 21 heavy (non-hydrogen) atoms. The molecule has 6 nitrogen and oxygen atoms in total. The van der Waals surface area contributed by atoms with Crippen molar-refractivity contribution in [2.45, 2.75) is 18.9 Å². The molecule has 0 saturated carbocycles. The van der Waals surface area contributed by atoms with Gasteiger partial charge in [0.1, 0.15) is 6.04 Å². The first-order valence-electron chi connectivity index (χ1n) is 6.81. The van der Waals surface area contributed by atoms with Gasteiger partial charge in [0, 0.05) is 18.9 Å². The van der Waals surface area contributed by atoms with Gasteiger partial charge in [0.05, 0.1) is 6.61 Å². The summed E-state index contributed by atoms with van der Waals surface area (Å²) in [5.74, 6) is -1.07. The number of benzene rings is 1. The molecule has 0 fully saturated rings. The number of aryl methyl sites for hydroxylation is 1. The summed E-state index contributed by atoms with van der Waals surface area (Å²) in [5, 5.41) is 8.58. The maximum absolute atomic E-state index is 11.9. The van der Waals surface area contributed by atoms with Crippen molar-refractivity contribution in [2.75, 3.05) is 25.5 Å². The Hall–Kier alpha value is -1.20. The van der Waals surface area contributed by atoms with Crippen LogP contribution >= 0.6 is 7.37 Å². The summed E-state index contributed by atoms with van der Waals surface area (Å²) in [6.45, 7) is 0.307. The van der Waals surface area contributed by atoms with Crippen LogP contribution in [-0.2, 0) is 20.5 Å². The molecule has 1 rings (SSSR count). The van der Waals surface area contributed by atoms with Crippen molar-refractivity contribution in [3.8, 4) is 0 Å². The summed E-state index contributed by atoms with van der Waals surface area (Å²) >= 11 is 0. The van der Waals surface area contributed by atoms with E-state index in [1.54, 1.807) is 0 Å². The molecule has 0 radical (unpaired) electrons. The molecule has 2 unspecified atom stereocenters. The smallest absolute Gasteiger partial charge is 0.320 e. The third kappa shape index (κ3) is 7.97. The highest BCUT2D eigenvalue weighted by molar-refractivity contribution is 7.58. The summed E-state index contributed by atoms with van der Waals surface area (Å²) in [6.07, 6.45) is 1.03. The molecule has 1 aromatic rings. The predicted octanol–water partition coefficient (Wildman–Crippen LogP) is 1.32. The van der Waals surface area contributed by atoms with Gasteiger partial charge in [-0.3, -0.25) is 9.36 Å². The molecule has 0 aromatic heterocycles. The van der Waals surface area contributed by atoms with E-state index in [-0.39, 0.29) is 32.0 Å². The minimum atomic E-state index is -3.21. The minimum absolute atomic E-state index is 0.0716. The molecule has 2 atom stereocenters. The molecule has 0 saturated heterocycles. The topological polar surface area (TPSA) is 110 Å². The fourth-order valence-electron chi connectivity index (χ4n) is 1.70. The summed E-state index contributed by atoms with van der Waals surface area (Å²) in [7, 11) is -3.21. The molecule has 7 heteroatoms. The van der Waals surface area contributed by atoms with Crippen molar-refractivity contribution in [1.29, 1.82) is 0 Å². The molecular weight excluding hydrogens is 293 g/mol. The first kappa shape index (κ1) is 17.9. The van der Waals surface area contributed by atoms with Gasteiger partial charge in [0.2, 0.25) is 7.37 Å². The molecule has 0 bridgehead atoms. The van der Waals surface area contributed by atoms with Crippen molar-refractivity contribution < 1.29 is 24.1 Å². The maximum atomic E-state index is 11.9. The van der Waals surface area contributed by atoms with Crippen LogP contribution in [0.5, 0.6) is 0 Å². The van der Waals surface area contributed by atoms with Crippen LogP contribution in [-0.4, -0.2) is 47.5 Å². The molecule has 118 valence electrons. The highest BCUT2D eigenvalue weighted by Gasteiger charge is 2.18. The van der Waals surface area contributed by atoms with E-state index < -0.39 is 19.4 Å². The lowest BCUT2D eigenvalue weighted by Gasteiger charge is -2.12. The number of hydrogen-bond donors (Lipinski definition) is 3. The van der Waals surface area contributed by atoms with Gasteiger partial charge in [-0.05, 0) is 18.4 Å². The van der Waals surface area contributed by atoms with Crippen molar-refractivity contribution in [1.82, 2.24) is 0 Å². The Morgan fingerprint density at radius 2 is 1.90 bits per heavy atom. The van der Waals surface area contributed by atoms with E-state index in [0.717, 1.165) is 5.56 Å². The van der Waals surface area contributed by atoms with E-state index in [1.165, 1.54) is 0 Å². The van der Waals surface area contributed by atoms with Crippen molar-refractivity contribution in [3.05, 3.63) is 35.9 Å². The average Bonchev–Trinajstić information content (AvgIpc) is 2.45. The molecule has 0 aliphatic heterocycles. The Morgan fingerprint density at radius 3 is 2.52 bits per heavy atom. The summed E-state index contributed by atoms with van der Waals surface area (Å²) < 4.78 is 17.1. The standard InChI is InChI=1S/C14H22NO5P/c15-13(14(16)17)6-8-20-9-11-21(18,19)10-7-12-4-2-1-3-5-12/h1-5,13H,6-11,15H2,(H,16,17)(H,18,19). The van der Waals surface area contributed by atoms with Crippen LogP contribution in [0.25, 0.3) is 0 Å². The second kappa shape index (κ2) is 8.95. The number of nitrogens with two attached hydrogens (primary N) is 1. The van der Waals surface area contributed by atoms with E-state index >= 15 is 0 Å². The zero-order valence-corrected chi connectivity index (χ0v) is 12.7. The zero-order chi connectivity index (χ0) is 15.7. The van der Waals surface area contributed by atoms with Gasteiger partial charge in [-0.25, -0.2) is 0 Å². The highest BCUT2D eigenvalue weighted by Crippen LogP contribution is 2.40. The second-order valence-electron chi connectivity index (χ2n) is 4.87. The summed E-state index contributed by atoms with van der Waals surface area (Å²) in [5.41, 5.74) is 6.34. The van der Waals surface area contributed by atoms with Crippen molar-refractivity contribution >= 4 is 13.3 Å². The van der Waals surface area contributed by atoms with Crippen LogP contribution < -0.4 is 5.73 Å². The van der Waals surface area contributed by atoms with Crippen LogP contribution in [0, 0.1) is 0 Å². The number of rotatable bonds is 10. The molecule has 0 aliphatic carbocycles. The fraction of sp³-hybridized carbons (Fsp3) is 0.500. The van der Waals surface area contributed by atoms with Crippen LogP contribution in [0.15, 0.2) is 30.3 Å². The molecule has 4 N–H and O–H groups in total. The quantitative estimate of drug-likeness (QED) is 0.444. The highest BCUT2D eigenvalue weighted by atomic mass is 31.2. The number of carboxylic acids is 1. The summed E-state index contributed by atoms with van der Waals surface area (Å²) in [4.78, 5) is 20.3. The first-order valence-corrected chi connectivity index (χ1v) is 8.84. The monoisotopic (exact) mass is 315 g/mol. The molecule has 0 aliphatic rings. The number of aliphatic carboxylic acids is 1. The van der Waals surface area contributed by atoms with Gasteiger partial charge >= 0.3 is 5.97 Å². The zero-order valence-electron chi connectivity index (χ0n) is 11.9. The van der Waals surface area contributed by atoms with Gasteiger partial charge in [-0.15, -0.1) is 0 Å².